The highest BCUT2D eigenvalue weighted by Crippen LogP contribution is 2.13. The lowest BCUT2D eigenvalue weighted by molar-refractivity contribution is 0.166. The maximum atomic E-state index is 5.71. The fourth-order valence-corrected chi connectivity index (χ4v) is 1.79. The van der Waals surface area contributed by atoms with Crippen LogP contribution < -0.4 is 5.73 Å². The minimum absolute atomic E-state index is 0.542. The van der Waals surface area contributed by atoms with E-state index in [1.54, 1.807) is 0 Å². The molecule has 83 valence electrons. The molecule has 2 nitrogen and oxygen atoms in total. The van der Waals surface area contributed by atoms with Gasteiger partial charge in [-0.05, 0) is 39.3 Å². The minimum atomic E-state index is 0.542. The molecule has 15 heavy (non-hydrogen) atoms. The lowest BCUT2D eigenvalue weighted by Crippen LogP contribution is -2.36. The summed E-state index contributed by atoms with van der Waals surface area (Å²) in [5, 5.41) is 0. The molecule has 1 radical (unpaired) electrons. The first-order valence-electron chi connectivity index (χ1n) is 5.53. The summed E-state index contributed by atoms with van der Waals surface area (Å²) < 4.78 is 0. The van der Waals surface area contributed by atoms with E-state index in [4.69, 9.17) is 5.73 Å². The molecular formula is C13H21N2. The van der Waals surface area contributed by atoms with Crippen LogP contribution in [-0.4, -0.2) is 17.0 Å². The molecular weight excluding hydrogens is 184 g/mol. The van der Waals surface area contributed by atoms with E-state index in [0.717, 1.165) is 17.8 Å². The van der Waals surface area contributed by atoms with Gasteiger partial charge in [0.1, 0.15) is 0 Å². The zero-order valence-corrected chi connectivity index (χ0v) is 10.1. The smallest absolute Gasteiger partial charge is 0.0397 e. The van der Waals surface area contributed by atoms with Gasteiger partial charge in [0.15, 0.2) is 0 Å². The van der Waals surface area contributed by atoms with Crippen LogP contribution in [0.4, 0.5) is 5.69 Å². The van der Waals surface area contributed by atoms with Crippen molar-refractivity contribution < 1.29 is 0 Å². The van der Waals surface area contributed by atoms with Gasteiger partial charge in [0.25, 0.3) is 0 Å². The van der Waals surface area contributed by atoms with Gasteiger partial charge in [-0.2, -0.15) is 0 Å². The number of benzene rings is 1. The Balaban J connectivity index is 2.74. The molecule has 0 aromatic heterocycles. The second kappa shape index (κ2) is 5.17. The molecule has 0 amide bonds. The first-order valence-corrected chi connectivity index (χ1v) is 5.53. The lowest BCUT2D eigenvalue weighted by atomic mass is 10.1. The maximum Gasteiger partial charge on any atom is 0.0397 e. The van der Waals surface area contributed by atoms with Crippen molar-refractivity contribution in [3.05, 3.63) is 29.8 Å². The second-order valence-corrected chi connectivity index (χ2v) is 4.49. The Morgan fingerprint density at radius 2 is 1.80 bits per heavy atom. The number of nitrogen functional groups attached to an aromatic ring is 1. The third kappa shape index (κ3) is 3.56. The van der Waals surface area contributed by atoms with Crippen molar-refractivity contribution in [3.63, 3.8) is 0 Å². The Hall–Kier alpha value is -1.02. The summed E-state index contributed by atoms with van der Waals surface area (Å²) in [5.41, 5.74) is 7.60. The molecule has 0 aliphatic heterocycles. The molecule has 1 rings (SSSR count). The van der Waals surface area contributed by atoms with Gasteiger partial charge in [-0.15, -0.1) is 0 Å². The summed E-state index contributed by atoms with van der Waals surface area (Å²) in [6.07, 6.45) is 0. The number of anilines is 1. The van der Waals surface area contributed by atoms with Crippen molar-refractivity contribution in [3.8, 4) is 0 Å². The number of nitrogens with zero attached hydrogens (tertiary/aromatic N) is 1. The van der Waals surface area contributed by atoms with Gasteiger partial charge in [0.2, 0.25) is 0 Å². The molecule has 2 heteroatoms. The fraction of sp³-hybridized carbons (Fsp3) is 0.538. The molecule has 0 saturated heterocycles. The highest BCUT2D eigenvalue weighted by atomic mass is 15.2. The van der Waals surface area contributed by atoms with Crippen molar-refractivity contribution in [1.82, 2.24) is 4.90 Å². The van der Waals surface area contributed by atoms with Gasteiger partial charge in [-0.3, -0.25) is 4.90 Å². The number of hydrogen-bond donors (Lipinski definition) is 1. The minimum Gasteiger partial charge on any atom is -0.398 e. The second-order valence-electron chi connectivity index (χ2n) is 4.49. The predicted molar refractivity (Wildman–Crippen MR) is 65.5 cm³/mol. The van der Waals surface area contributed by atoms with Crippen molar-refractivity contribution in [2.75, 3.05) is 5.73 Å². The van der Waals surface area contributed by atoms with Crippen LogP contribution in [0.25, 0.3) is 0 Å². The molecule has 0 spiro atoms. The van der Waals surface area contributed by atoms with Crippen LogP contribution in [-0.2, 0) is 6.54 Å². The average molecular weight is 205 g/mol. The van der Waals surface area contributed by atoms with E-state index in [2.05, 4.69) is 44.7 Å². The summed E-state index contributed by atoms with van der Waals surface area (Å²) in [6.45, 7) is 9.78. The Kier molecular flexibility index (Phi) is 4.15. The highest BCUT2D eigenvalue weighted by Gasteiger charge is 2.13. The summed E-state index contributed by atoms with van der Waals surface area (Å²) in [7, 11) is 0. The lowest BCUT2D eigenvalue weighted by Gasteiger charge is -2.30. The third-order valence-corrected chi connectivity index (χ3v) is 2.56. The van der Waals surface area contributed by atoms with Crippen molar-refractivity contribution >= 4 is 5.69 Å². The van der Waals surface area contributed by atoms with Crippen molar-refractivity contribution in [1.29, 1.82) is 0 Å². The van der Waals surface area contributed by atoms with Gasteiger partial charge in [0, 0.05) is 30.4 Å². The predicted octanol–water partition coefficient (Wildman–Crippen LogP) is 2.69. The molecule has 0 saturated carbocycles. The molecule has 0 aliphatic rings. The van der Waals surface area contributed by atoms with E-state index in [1.807, 2.05) is 12.1 Å². The molecule has 0 bridgehead atoms. The van der Waals surface area contributed by atoms with Gasteiger partial charge < -0.3 is 5.73 Å². The van der Waals surface area contributed by atoms with Crippen LogP contribution in [0.15, 0.2) is 18.2 Å². The van der Waals surface area contributed by atoms with Crippen molar-refractivity contribution in [2.45, 2.75) is 46.3 Å². The monoisotopic (exact) mass is 205 g/mol. The quantitative estimate of drug-likeness (QED) is 0.766. The van der Waals surface area contributed by atoms with Crippen LogP contribution in [0.3, 0.4) is 0 Å². The van der Waals surface area contributed by atoms with Gasteiger partial charge >= 0.3 is 0 Å². The largest absolute Gasteiger partial charge is 0.398 e. The first kappa shape index (κ1) is 12.1. The van der Waals surface area contributed by atoms with E-state index in [-0.39, 0.29) is 0 Å². The zero-order chi connectivity index (χ0) is 11.4. The maximum absolute atomic E-state index is 5.71. The Morgan fingerprint density at radius 3 is 2.27 bits per heavy atom. The van der Waals surface area contributed by atoms with E-state index >= 15 is 0 Å². The molecule has 0 fully saturated rings. The Morgan fingerprint density at radius 1 is 1.20 bits per heavy atom. The molecule has 2 N–H and O–H groups in total. The molecule has 1 aromatic carbocycles. The van der Waals surface area contributed by atoms with E-state index < -0.39 is 0 Å². The Labute approximate surface area is 93.1 Å². The van der Waals surface area contributed by atoms with E-state index in [1.165, 1.54) is 0 Å². The zero-order valence-electron chi connectivity index (χ0n) is 10.1. The molecule has 0 heterocycles. The number of hydrogen-bond acceptors (Lipinski definition) is 2. The van der Waals surface area contributed by atoms with E-state index in [0.29, 0.717) is 12.1 Å². The third-order valence-electron chi connectivity index (χ3n) is 2.56. The van der Waals surface area contributed by atoms with Crippen LogP contribution in [0.1, 0.15) is 33.3 Å². The average Bonchev–Trinajstić information content (AvgIpc) is 2.13. The van der Waals surface area contributed by atoms with Crippen LogP contribution in [0, 0.1) is 6.07 Å². The highest BCUT2D eigenvalue weighted by molar-refractivity contribution is 5.38. The summed E-state index contributed by atoms with van der Waals surface area (Å²) >= 11 is 0. The first-order chi connectivity index (χ1) is 7.00. The topological polar surface area (TPSA) is 29.3 Å². The molecule has 0 atom stereocenters. The fourth-order valence-electron chi connectivity index (χ4n) is 1.79. The van der Waals surface area contributed by atoms with Crippen molar-refractivity contribution in [2.24, 2.45) is 0 Å². The van der Waals surface area contributed by atoms with E-state index in [9.17, 15) is 0 Å². The van der Waals surface area contributed by atoms with Crippen LogP contribution in [0.2, 0.25) is 0 Å². The van der Waals surface area contributed by atoms with Gasteiger partial charge in [0.05, 0.1) is 0 Å². The Bertz CT molecular complexity index is 297. The van der Waals surface area contributed by atoms with Crippen LogP contribution >= 0.6 is 0 Å². The normalized spacial score (nSPS) is 11.7. The molecule has 0 unspecified atom stereocenters. The van der Waals surface area contributed by atoms with Gasteiger partial charge in [-0.1, -0.05) is 12.1 Å². The van der Waals surface area contributed by atoms with Crippen LogP contribution in [0.5, 0.6) is 0 Å². The molecule has 0 aliphatic carbocycles. The summed E-state index contributed by atoms with van der Waals surface area (Å²) in [6, 6.07) is 10.2. The van der Waals surface area contributed by atoms with Gasteiger partial charge in [-0.25, -0.2) is 0 Å². The standard InChI is InChI=1S/C13H21N2/c1-10(2)15(11(3)4)9-12-6-5-7-13(14)8-12/h5-7,10-11H,9,14H2,1-4H3. The molecule has 1 aromatic rings. The number of rotatable bonds is 4. The number of nitrogens with two attached hydrogens (primary N) is 1. The summed E-state index contributed by atoms with van der Waals surface area (Å²) in [5.74, 6) is 0. The SMILES string of the molecule is CC(C)N(Cc1[c]c(N)ccc1)C(C)C. The summed E-state index contributed by atoms with van der Waals surface area (Å²) in [4.78, 5) is 2.42.